The van der Waals surface area contributed by atoms with Crippen LogP contribution in [-0.2, 0) is 4.74 Å². The molecule has 0 aliphatic carbocycles. The number of ether oxygens (including phenoxy) is 1. The van der Waals surface area contributed by atoms with E-state index in [0.29, 0.717) is 11.3 Å². The SMILES string of the molecule is C#CC(C)c1cc(F)ccc1NC(=O)OC(C)(C)C. The molecule has 1 aromatic carbocycles. The molecular weight excluding hydrogens is 245 g/mol. The molecule has 0 saturated carbocycles. The monoisotopic (exact) mass is 263 g/mol. The molecule has 0 aliphatic heterocycles. The minimum absolute atomic E-state index is 0.305. The molecule has 1 aromatic rings. The third kappa shape index (κ3) is 4.63. The standard InChI is InChI=1S/C15H18FNO2/c1-6-10(2)12-9-11(16)7-8-13(12)17-14(18)19-15(3,4)5/h1,7-10H,2-5H3,(H,17,18). The molecule has 0 spiro atoms. The minimum atomic E-state index is -0.595. The van der Waals surface area contributed by atoms with Crippen LogP contribution in [0.15, 0.2) is 18.2 Å². The normalized spacial score (nSPS) is 12.4. The highest BCUT2D eigenvalue weighted by atomic mass is 19.1. The number of amides is 1. The Labute approximate surface area is 113 Å². The first-order valence-electron chi connectivity index (χ1n) is 5.98. The predicted molar refractivity (Wildman–Crippen MR) is 73.5 cm³/mol. The molecular formula is C15H18FNO2. The lowest BCUT2D eigenvalue weighted by Crippen LogP contribution is -2.27. The third-order valence-electron chi connectivity index (χ3n) is 2.37. The van der Waals surface area contributed by atoms with Crippen LogP contribution in [0.3, 0.4) is 0 Å². The second-order valence-electron chi connectivity index (χ2n) is 5.25. The van der Waals surface area contributed by atoms with Gasteiger partial charge in [0.1, 0.15) is 11.4 Å². The summed E-state index contributed by atoms with van der Waals surface area (Å²) in [5.74, 6) is 1.81. The Morgan fingerprint density at radius 2 is 2.11 bits per heavy atom. The average molecular weight is 263 g/mol. The minimum Gasteiger partial charge on any atom is -0.444 e. The predicted octanol–water partition coefficient (Wildman–Crippen LogP) is 3.91. The molecule has 1 unspecified atom stereocenters. The van der Waals surface area contributed by atoms with E-state index in [1.807, 2.05) is 0 Å². The summed E-state index contributed by atoms with van der Waals surface area (Å²) in [5.41, 5.74) is 0.414. The van der Waals surface area contributed by atoms with Gasteiger partial charge in [0.2, 0.25) is 0 Å². The van der Waals surface area contributed by atoms with Crippen LogP contribution in [0.5, 0.6) is 0 Å². The first-order valence-corrected chi connectivity index (χ1v) is 5.98. The number of carbonyl (C=O) groups excluding carboxylic acids is 1. The van der Waals surface area contributed by atoms with Gasteiger partial charge in [-0.2, -0.15) is 0 Å². The zero-order chi connectivity index (χ0) is 14.6. The Bertz CT molecular complexity index is 512. The summed E-state index contributed by atoms with van der Waals surface area (Å²) in [4.78, 5) is 11.7. The quantitative estimate of drug-likeness (QED) is 0.821. The van der Waals surface area contributed by atoms with Crippen molar-refractivity contribution in [2.45, 2.75) is 39.2 Å². The number of anilines is 1. The van der Waals surface area contributed by atoms with E-state index in [1.165, 1.54) is 18.2 Å². The van der Waals surface area contributed by atoms with E-state index in [2.05, 4.69) is 11.2 Å². The number of benzene rings is 1. The Hall–Kier alpha value is -2.02. The van der Waals surface area contributed by atoms with Crippen molar-refractivity contribution in [3.8, 4) is 12.3 Å². The Kier molecular flexibility index (Phi) is 4.55. The Balaban J connectivity index is 2.96. The van der Waals surface area contributed by atoms with Gasteiger partial charge in [-0.15, -0.1) is 6.42 Å². The van der Waals surface area contributed by atoms with Gasteiger partial charge < -0.3 is 4.74 Å². The van der Waals surface area contributed by atoms with Gasteiger partial charge in [0.05, 0.1) is 0 Å². The van der Waals surface area contributed by atoms with Crippen LogP contribution >= 0.6 is 0 Å². The van der Waals surface area contributed by atoms with Gasteiger partial charge in [-0.3, -0.25) is 5.32 Å². The van der Waals surface area contributed by atoms with Crippen molar-refractivity contribution in [2.24, 2.45) is 0 Å². The molecule has 1 atom stereocenters. The van der Waals surface area contributed by atoms with E-state index in [-0.39, 0.29) is 5.92 Å². The lowest BCUT2D eigenvalue weighted by molar-refractivity contribution is 0.0636. The summed E-state index contributed by atoms with van der Waals surface area (Å²) < 4.78 is 18.4. The van der Waals surface area contributed by atoms with E-state index in [9.17, 15) is 9.18 Å². The highest BCUT2D eigenvalue weighted by Crippen LogP contribution is 2.25. The summed E-state index contributed by atoms with van der Waals surface area (Å²) in [5, 5.41) is 2.59. The molecule has 1 amide bonds. The Morgan fingerprint density at radius 1 is 1.47 bits per heavy atom. The zero-order valence-electron chi connectivity index (χ0n) is 11.6. The van der Waals surface area contributed by atoms with Crippen LogP contribution in [0.4, 0.5) is 14.9 Å². The number of rotatable bonds is 2. The lowest BCUT2D eigenvalue weighted by atomic mass is 10.00. The van der Waals surface area contributed by atoms with E-state index in [4.69, 9.17) is 11.2 Å². The summed E-state index contributed by atoms with van der Waals surface area (Å²) in [6.07, 6.45) is 4.75. The fourth-order valence-corrected chi connectivity index (χ4v) is 1.51. The maximum atomic E-state index is 13.2. The highest BCUT2D eigenvalue weighted by Gasteiger charge is 2.18. The van der Waals surface area contributed by atoms with E-state index in [0.717, 1.165) is 0 Å². The number of halogens is 1. The molecule has 0 bridgehead atoms. The molecule has 1 N–H and O–H groups in total. The fraction of sp³-hybridized carbons (Fsp3) is 0.400. The first-order chi connectivity index (χ1) is 8.73. The number of nitrogens with one attached hydrogen (secondary N) is 1. The van der Waals surface area contributed by atoms with Crippen molar-refractivity contribution in [3.05, 3.63) is 29.6 Å². The molecule has 4 heteroatoms. The van der Waals surface area contributed by atoms with E-state index >= 15 is 0 Å². The topological polar surface area (TPSA) is 38.3 Å². The second kappa shape index (κ2) is 5.75. The maximum Gasteiger partial charge on any atom is 0.412 e. The largest absolute Gasteiger partial charge is 0.444 e. The zero-order valence-corrected chi connectivity index (χ0v) is 11.6. The maximum absolute atomic E-state index is 13.2. The van der Waals surface area contributed by atoms with Gasteiger partial charge in [0, 0.05) is 11.6 Å². The summed E-state index contributed by atoms with van der Waals surface area (Å²) in [6, 6.07) is 4.05. The van der Waals surface area contributed by atoms with Crippen LogP contribution in [0, 0.1) is 18.2 Å². The van der Waals surface area contributed by atoms with E-state index < -0.39 is 17.5 Å². The van der Waals surface area contributed by atoms with Crippen molar-refractivity contribution < 1.29 is 13.9 Å². The molecule has 0 saturated heterocycles. The van der Waals surface area contributed by atoms with Crippen molar-refractivity contribution in [2.75, 3.05) is 5.32 Å². The van der Waals surface area contributed by atoms with E-state index in [1.54, 1.807) is 27.7 Å². The summed E-state index contributed by atoms with van der Waals surface area (Å²) >= 11 is 0. The number of carbonyl (C=O) groups is 1. The lowest BCUT2D eigenvalue weighted by Gasteiger charge is -2.21. The molecule has 0 radical (unpaired) electrons. The summed E-state index contributed by atoms with van der Waals surface area (Å²) in [6.45, 7) is 7.06. The molecule has 0 aromatic heterocycles. The van der Waals surface area contributed by atoms with Crippen LogP contribution in [0.1, 0.15) is 39.2 Å². The van der Waals surface area contributed by atoms with Crippen molar-refractivity contribution in [1.29, 1.82) is 0 Å². The fourth-order valence-electron chi connectivity index (χ4n) is 1.51. The van der Waals surface area contributed by atoms with Gasteiger partial charge in [0.15, 0.2) is 0 Å². The molecule has 0 fully saturated rings. The van der Waals surface area contributed by atoms with Gasteiger partial charge in [0.25, 0.3) is 0 Å². The Morgan fingerprint density at radius 3 is 2.63 bits per heavy atom. The van der Waals surface area contributed by atoms with Gasteiger partial charge in [-0.05, 0) is 51.5 Å². The smallest absolute Gasteiger partial charge is 0.412 e. The first kappa shape index (κ1) is 15.0. The highest BCUT2D eigenvalue weighted by molar-refractivity contribution is 5.86. The van der Waals surface area contributed by atoms with Crippen molar-refractivity contribution in [1.82, 2.24) is 0 Å². The van der Waals surface area contributed by atoms with Crippen LogP contribution < -0.4 is 5.32 Å². The van der Waals surface area contributed by atoms with Crippen molar-refractivity contribution >= 4 is 11.8 Å². The van der Waals surface area contributed by atoms with Gasteiger partial charge >= 0.3 is 6.09 Å². The van der Waals surface area contributed by atoms with Crippen molar-refractivity contribution in [3.63, 3.8) is 0 Å². The average Bonchev–Trinajstić information content (AvgIpc) is 2.28. The second-order valence-corrected chi connectivity index (χ2v) is 5.25. The van der Waals surface area contributed by atoms with Crippen LogP contribution in [0.2, 0.25) is 0 Å². The molecule has 19 heavy (non-hydrogen) atoms. The third-order valence-corrected chi connectivity index (χ3v) is 2.37. The number of hydrogen-bond acceptors (Lipinski definition) is 2. The molecule has 0 aliphatic rings. The van der Waals surface area contributed by atoms with Gasteiger partial charge in [-0.1, -0.05) is 5.92 Å². The van der Waals surface area contributed by atoms with Crippen LogP contribution in [0.25, 0.3) is 0 Å². The van der Waals surface area contributed by atoms with Crippen LogP contribution in [-0.4, -0.2) is 11.7 Å². The number of terminal acetylenes is 1. The molecule has 3 nitrogen and oxygen atoms in total. The molecule has 1 rings (SSSR count). The molecule has 102 valence electrons. The number of hydrogen-bond donors (Lipinski definition) is 1. The summed E-state index contributed by atoms with van der Waals surface area (Å²) in [7, 11) is 0. The van der Waals surface area contributed by atoms with Gasteiger partial charge in [-0.25, -0.2) is 9.18 Å². The molecule has 0 heterocycles.